The second-order valence-corrected chi connectivity index (χ2v) is 8.05. The number of para-hydroxylation sites is 2. The number of piperazine rings is 1. The summed E-state index contributed by atoms with van der Waals surface area (Å²) in [6, 6.07) is 11.7. The molecule has 5 nitrogen and oxygen atoms in total. The highest BCUT2D eigenvalue weighted by Crippen LogP contribution is 2.38. The van der Waals surface area contributed by atoms with Crippen LogP contribution in [0.3, 0.4) is 0 Å². The van der Waals surface area contributed by atoms with E-state index in [-0.39, 0.29) is 30.9 Å². The Kier molecular flexibility index (Phi) is 9.43. The molecule has 1 saturated heterocycles. The molecule has 2 aliphatic heterocycles. The Morgan fingerprint density at radius 3 is 2.58 bits per heavy atom. The average molecular weight is 505 g/mol. The van der Waals surface area contributed by atoms with Gasteiger partial charge in [-0.05, 0) is 50.2 Å². The van der Waals surface area contributed by atoms with E-state index in [0.717, 1.165) is 36.8 Å². The number of methoxy groups -OCH3 is 1. The molecule has 1 atom stereocenters. The van der Waals surface area contributed by atoms with Crippen LogP contribution in [0.1, 0.15) is 24.0 Å². The van der Waals surface area contributed by atoms with Gasteiger partial charge in [-0.25, -0.2) is 4.99 Å². The Morgan fingerprint density at radius 2 is 1.85 bits per heavy atom. The number of hydrogen-bond donors (Lipinski definition) is 1. The summed E-state index contributed by atoms with van der Waals surface area (Å²) in [6.07, 6.45) is -2.52. The van der Waals surface area contributed by atoms with Crippen molar-refractivity contribution < 1.29 is 17.9 Å². The Morgan fingerprint density at radius 1 is 1.09 bits per heavy atom. The second kappa shape index (κ2) is 11.4. The molecule has 0 saturated carbocycles. The molecule has 4 rings (SSSR count). The Balaban J connectivity index is 0.00000193. The first-order valence-corrected chi connectivity index (χ1v) is 10.5. The van der Waals surface area contributed by atoms with Gasteiger partial charge >= 0.3 is 6.18 Å². The van der Waals surface area contributed by atoms with Crippen molar-refractivity contribution in [3.8, 4) is 0 Å². The highest BCUT2D eigenvalue weighted by Gasteiger charge is 2.34. The predicted octanol–water partition coefficient (Wildman–Crippen LogP) is 5.73. The van der Waals surface area contributed by atoms with E-state index < -0.39 is 11.7 Å². The number of anilines is 2. The zero-order valence-electron chi connectivity index (χ0n) is 18.6. The maximum absolute atomic E-state index is 13.5. The molecular weight excluding hydrogens is 476 g/mol. The van der Waals surface area contributed by atoms with Crippen LogP contribution in [0, 0.1) is 0 Å². The summed E-state index contributed by atoms with van der Waals surface area (Å²) in [5, 5.41) is 3.28. The van der Waals surface area contributed by atoms with Crippen molar-refractivity contribution in [2.75, 3.05) is 45.7 Å². The number of aliphatic imine (C=N–C) groups is 1. The van der Waals surface area contributed by atoms with Crippen molar-refractivity contribution in [2.24, 2.45) is 4.99 Å². The van der Waals surface area contributed by atoms with E-state index in [1.165, 1.54) is 12.1 Å². The van der Waals surface area contributed by atoms with Crippen molar-refractivity contribution in [3.63, 3.8) is 0 Å². The molecule has 1 fully saturated rings. The number of ether oxygens (including phenoxy) is 1. The predicted molar refractivity (Wildman–Crippen MR) is 131 cm³/mol. The maximum Gasteiger partial charge on any atom is 0.416 e. The molecule has 0 aliphatic carbocycles. The summed E-state index contributed by atoms with van der Waals surface area (Å²) in [5.41, 5.74) is 1.94. The largest absolute Gasteiger partial charge is 0.416 e. The molecule has 2 aliphatic rings. The summed E-state index contributed by atoms with van der Waals surface area (Å²) in [4.78, 5) is 9.29. The van der Waals surface area contributed by atoms with Gasteiger partial charge in [0, 0.05) is 50.6 Å². The molecule has 0 spiro atoms. The third-order valence-corrected chi connectivity index (χ3v) is 5.95. The zero-order chi connectivity index (χ0) is 22.0. The quantitative estimate of drug-likeness (QED) is 0.540. The molecule has 0 amide bonds. The van der Waals surface area contributed by atoms with Crippen LogP contribution in [-0.4, -0.2) is 62.1 Å². The van der Waals surface area contributed by atoms with Crippen LogP contribution in [0.2, 0.25) is 0 Å². The molecule has 0 bridgehead atoms. The topological polar surface area (TPSA) is 40.1 Å². The molecule has 0 radical (unpaired) electrons. The van der Waals surface area contributed by atoms with Crippen molar-refractivity contribution >= 4 is 47.7 Å². The fraction of sp³-hybridized carbons (Fsp3) is 0.435. The van der Waals surface area contributed by atoms with Crippen molar-refractivity contribution in [2.45, 2.75) is 25.1 Å². The van der Waals surface area contributed by atoms with Gasteiger partial charge in [-0.15, -0.1) is 24.8 Å². The third-order valence-electron chi connectivity index (χ3n) is 5.95. The number of alkyl halides is 3. The van der Waals surface area contributed by atoms with Crippen LogP contribution in [-0.2, 0) is 10.9 Å². The van der Waals surface area contributed by atoms with Gasteiger partial charge in [-0.2, -0.15) is 13.2 Å². The number of hydrogen-bond acceptors (Lipinski definition) is 5. The highest BCUT2D eigenvalue weighted by molar-refractivity contribution is 6.08. The first kappa shape index (κ1) is 27.2. The van der Waals surface area contributed by atoms with Gasteiger partial charge in [0.2, 0.25) is 0 Å². The summed E-state index contributed by atoms with van der Waals surface area (Å²) in [6.45, 7) is 2.92. The van der Waals surface area contributed by atoms with Crippen LogP contribution in [0.15, 0.2) is 47.5 Å². The van der Waals surface area contributed by atoms with Gasteiger partial charge in [0.15, 0.2) is 0 Å². The number of fused-ring (bicyclic) bond motifs is 2. The van der Waals surface area contributed by atoms with Crippen LogP contribution in [0.4, 0.5) is 30.2 Å². The SMILES string of the molecule is COCCCC1CN(C2=Nc3ccccc3Nc3ccc(C(F)(F)F)cc32)CCN1C.Cl.Cl. The Bertz CT molecular complexity index is 971. The van der Waals surface area contributed by atoms with E-state index in [1.807, 2.05) is 24.3 Å². The van der Waals surface area contributed by atoms with Crippen LogP contribution < -0.4 is 5.32 Å². The molecule has 2 aromatic rings. The van der Waals surface area contributed by atoms with Crippen molar-refractivity contribution in [1.82, 2.24) is 9.80 Å². The molecule has 0 aromatic heterocycles. The fourth-order valence-electron chi connectivity index (χ4n) is 4.17. The molecule has 182 valence electrons. The van der Waals surface area contributed by atoms with Gasteiger partial charge in [0.1, 0.15) is 5.84 Å². The molecule has 33 heavy (non-hydrogen) atoms. The molecule has 1 N–H and O–H groups in total. The first-order chi connectivity index (χ1) is 14.9. The standard InChI is InChI=1S/C23H27F3N4O.2ClH/c1-29-11-12-30(15-17(29)6-5-13-31-2)22-18-14-16(23(24,25)26)9-10-19(18)27-20-7-3-4-8-21(20)28-22;;/h3-4,7-10,14,17,27H,5-6,11-13,15H2,1-2H3;2*1H. The average Bonchev–Trinajstić information content (AvgIpc) is 2.91. The minimum atomic E-state index is -4.41. The van der Waals surface area contributed by atoms with Crippen molar-refractivity contribution in [1.29, 1.82) is 0 Å². The van der Waals surface area contributed by atoms with E-state index in [0.29, 0.717) is 36.8 Å². The lowest BCUT2D eigenvalue weighted by molar-refractivity contribution is -0.137. The Labute approximate surface area is 204 Å². The van der Waals surface area contributed by atoms with Crippen LogP contribution >= 0.6 is 24.8 Å². The van der Waals surface area contributed by atoms with E-state index in [2.05, 4.69) is 22.2 Å². The number of halogens is 5. The summed E-state index contributed by atoms with van der Waals surface area (Å²) in [5.74, 6) is 0.586. The zero-order valence-corrected chi connectivity index (χ0v) is 20.2. The molecule has 10 heteroatoms. The van der Waals surface area contributed by atoms with Gasteiger partial charge < -0.3 is 15.0 Å². The molecule has 2 heterocycles. The van der Waals surface area contributed by atoms with Crippen LogP contribution in [0.5, 0.6) is 0 Å². The van der Waals surface area contributed by atoms with E-state index in [1.54, 1.807) is 7.11 Å². The summed E-state index contributed by atoms with van der Waals surface area (Å²) >= 11 is 0. The smallest absolute Gasteiger partial charge is 0.385 e. The third kappa shape index (κ3) is 6.12. The number of benzene rings is 2. The van der Waals surface area contributed by atoms with Gasteiger partial charge in [-0.3, -0.25) is 4.90 Å². The molecule has 1 unspecified atom stereocenters. The lowest BCUT2D eigenvalue weighted by atomic mass is 10.0. The first-order valence-electron chi connectivity index (χ1n) is 10.5. The number of nitrogens with zero attached hydrogens (tertiary/aromatic N) is 3. The summed E-state index contributed by atoms with van der Waals surface area (Å²) in [7, 11) is 3.78. The maximum atomic E-state index is 13.5. The van der Waals surface area contributed by atoms with Crippen LogP contribution in [0.25, 0.3) is 0 Å². The fourth-order valence-corrected chi connectivity index (χ4v) is 4.17. The number of nitrogens with one attached hydrogen (secondary N) is 1. The lowest BCUT2D eigenvalue weighted by Crippen LogP contribution is -2.53. The van der Waals surface area contributed by atoms with E-state index in [9.17, 15) is 13.2 Å². The van der Waals surface area contributed by atoms with Gasteiger partial charge in [-0.1, -0.05) is 12.1 Å². The summed E-state index contributed by atoms with van der Waals surface area (Å²) < 4.78 is 45.6. The molecule has 2 aromatic carbocycles. The second-order valence-electron chi connectivity index (χ2n) is 8.05. The Hall–Kier alpha value is -2.00. The monoisotopic (exact) mass is 504 g/mol. The van der Waals surface area contributed by atoms with Crippen molar-refractivity contribution in [3.05, 3.63) is 53.6 Å². The van der Waals surface area contributed by atoms with Gasteiger partial charge in [0.05, 0.1) is 16.9 Å². The highest BCUT2D eigenvalue weighted by atomic mass is 35.5. The lowest BCUT2D eigenvalue weighted by Gasteiger charge is -2.41. The number of rotatable bonds is 4. The minimum absolute atomic E-state index is 0. The van der Waals surface area contributed by atoms with E-state index >= 15 is 0 Å². The van der Waals surface area contributed by atoms with Gasteiger partial charge in [0.25, 0.3) is 0 Å². The molecular formula is C23H29Cl2F3N4O. The normalized spacial score (nSPS) is 18.0. The number of likely N-dealkylation sites (N-methyl/N-ethyl adjacent to an activating group) is 1. The van der Waals surface area contributed by atoms with E-state index in [4.69, 9.17) is 9.73 Å². The number of amidine groups is 1. The minimum Gasteiger partial charge on any atom is -0.385 e.